The van der Waals surface area contributed by atoms with Gasteiger partial charge in [-0.05, 0) is 36.5 Å². The van der Waals surface area contributed by atoms with Crippen molar-refractivity contribution in [2.24, 2.45) is 5.92 Å². The summed E-state index contributed by atoms with van der Waals surface area (Å²) in [5.74, 6) is 1.10. The highest BCUT2D eigenvalue weighted by molar-refractivity contribution is 5.70. The number of allylic oxidation sites excluding steroid dienone is 5. The van der Waals surface area contributed by atoms with Gasteiger partial charge in [-0.1, -0.05) is 60.6 Å². The van der Waals surface area contributed by atoms with Crippen molar-refractivity contribution >= 4 is 6.08 Å². The van der Waals surface area contributed by atoms with Crippen LogP contribution in [0.2, 0.25) is 0 Å². The van der Waals surface area contributed by atoms with Gasteiger partial charge >= 0.3 is 0 Å². The van der Waals surface area contributed by atoms with Gasteiger partial charge in [-0.15, -0.1) is 0 Å². The summed E-state index contributed by atoms with van der Waals surface area (Å²) in [6.07, 6.45) is 6.97. The molecule has 0 saturated carbocycles. The van der Waals surface area contributed by atoms with Crippen molar-refractivity contribution in [3.8, 4) is 0 Å². The second kappa shape index (κ2) is 3.73. The van der Waals surface area contributed by atoms with E-state index in [2.05, 4.69) is 63.3 Å². The Hall–Kier alpha value is -1.56. The molecule has 17 heavy (non-hydrogen) atoms. The van der Waals surface area contributed by atoms with E-state index in [1.807, 2.05) is 0 Å². The topological polar surface area (TPSA) is 0 Å². The van der Waals surface area contributed by atoms with Crippen LogP contribution < -0.4 is 0 Å². The van der Waals surface area contributed by atoms with Crippen LogP contribution in [0, 0.1) is 5.92 Å². The molecule has 0 bridgehead atoms. The van der Waals surface area contributed by atoms with Gasteiger partial charge in [0.15, 0.2) is 0 Å². The summed E-state index contributed by atoms with van der Waals surface area (Å²) in [6, 6.07) is 8.76. The van der Waals surface area contributed by atoms with Crippen LogP contribution in [0.4, 0.5) is 0 Å². The summed E-state index contributed by atoms with van der Waals surface area (Å²) in [5.41, 5.74) is 7.37. The molecule has 0 N–H and O–H groups in total. The minimum atomic E-state index is 0.493. The molecule has 2 aliphatic rings. The molecular weight excluding hydrogens is 204 g/mol. The highest BCUT2D eigenvalue weighted by Crippen LogP contribution is 2.45. The average Bonchev–Trinajstić information content (AvgIpc) is 2.80. The summed E-state index contributed by atoms with van der Waals surface area (Å²) in [5, 5.41) is 0. The molecule has 0 fully saturated rings. The molecule has 3 rings (SSSR count). The van der Waals surface area contributed by atoms with Crippen LogP contribution in [-0.2, 0) is 0 Å². The zero-order valence-corrected chi connectivity index (χ0v) is 10.7. The minimum Gasteiger partial charge on any atom is -0.0773 e. The van der Waals surface area contributed by atoms with E-state index in [1.54, 1.807) is 0 Å². The molecule has 0 saturated heterocycles. The lowest BCUT2D eigenvalue weighted by Crippen LogP contribution is -2.01. The Kier molecular flexibility index (Phi) is 2.32. The maximum atomic E-state index is 2.33. The first-order chi connectivity index (χ1) is 8.18. The lowest BCUT2D eigenvalue weighted by molar-refractivity contribution is 0.854. The van der Waals surface area contributed by atoms with Crippen molar-refractivity contribution in [1.29, 1.82) is 0 Å². The molecule has 2 atom stereocenters. The van der Waals surface area contributed by atoms with Gasteiger partial charge in [-0.25, -0.2) is 0 Å². The van der Waals surface area contributed by atoms with Crippen molar-refractivity contribution in [2.45, 2.75) is 26.7 Å². The van der Waals surface area contributed by atoms with Gasteiger partial charge in [0, 0.05) is 5.92 Å². The quantitative estimate of drug-likeness (QED) is 0.645. The molecule has 1 aromatic carbocycles. The Labute approximate surface area is 103 Å². The van der Waals surface area contributed by atoms with E-state index in [4.69, 9.17) is 0 Å². The normalized spacial score (nSPS) is 26.4. The maximum absolute atomic E-state index is 2.33. The van der Waals surface area contributed by atoms with Crippen molar-refractivity contribution in [1.82, 2.24) is 0 Å². The van der Waals surface area contributed by atoms with Crippen LogP contribution in [-0.4, -0.2) is 0 Å². The van der Waals surface area contributed by atoms with Gasteiger partial charge in [0.05, 0.1) is 0 Å². The molecule has 2 aliphatic carbocycles. The summed E-state index contributed by atoms with van der Waals surface area (Å²) in [7, 11) is 0. The van der Waals surface area contributed by atoms with Gasteiger partial charge in [-0.2, -0.15) is 0 Å². The Morgan fingerprint density at radius 3 is 2.53 bits per heavy atom. The number of benzene rings is 1. The average molecular weight is 222 g/mol. The first-order valence-corrected chi connectivity index (χ1v) is 6.34. The summed E-state index contributed by atoms with van der Waals surface area (Å²) >= 11 is 0. The first kappa shape index (κ1) is 10.6. The largest absolute Gasteiger partial charge is 0.0773 e. The number of hydrogen-bond acceptors (Lipinski definition) is 0. The molecule has 0 heterocycles. The van der Waals surface area contributed by atoms with Crippen molar-refractivity contribution < 1.29 is 0 Å². The first-order valence-electron chi connectivity index (χ1n) is 6.34. The van der Waals surface area contributed by atoms with Gasteiger partial charge in [0.2, 0.25) is 0 Å². The van der Waals surface area contributed by atoms with Crippen LogP contribution in [0.5, 0.6) is 0 Å². The van der Waals surface area contributed by atoms with Crippen LogP contribution in [0.1, 0.15) is 37.8 Å². The van der Waals surface area contributed by atoms with E-state index in [-0.39, 0.29) is 0 Å². The number of fused-ring (bicyclic) bond motifs is 1. The molecular formula is C17H18. The minimum absolute atomic E-state index is 0.493. The molecule has 0 aliphatic heterocycles. The number of rotatable bonds is 1. The maximum Gasteiger partial charge on any atom is 0.0305 e. The predicted octanol–water partition coefficient (Wildman–Crippen LogP) is 4.71. The highest BCUT2D eigenvalue weighted by Gasteiger charge is 2.28. The van der Waals surface area contributed by atoms with E-state index in [9.17, 15) is 0 Å². The van der Waals surface area contributed by atoms with Crippen LogP contribution >= 0.6 is 0 Å². The van der Waals surface area contributed by atoms with E-state index in [1.165, 1.54) is 27.8 Å². The van der Waals surface area contributed by atoms with Crippen molar-refractivity contribution in [3.05, 3.63) is 64.3 Å². The zero-order chi connectivity index (χ0) is 12.0. The zero-order valence-electron chi connectivity index (χ0n) is 10.7. The second-order valence-corrected chi connectivity index (χ2v) is 5.24. The lowest BCUT2D eigenvalue weighted by Gasteiger charge is -2.17. The number of hydrogen-bond donors (Lipinski definition) is 0. The molecule has 0 radical (unpaired) electrons. The smallest absolute Gasteiger partial charge is 0.0305 e. The van der Waals surface area contributed by atoms with Crippen molar-refractivity contribution in [2.75, 3.05) is 0 Å². The Morgan fingerprint density at radius 1 is 1.06 bits per heavy atom. The Balaban J connectivity index is 2.12. The molecule has 0 amide bonds. The van der Waals surface area contributed by atoms with Crippen LogP contribution in [0.15, 0.2) is 53.1 Å². The molecule has 1 aromatic rings. The fraction of sp³-hybridized carbons (Fsp3) is 0.294. The monoisotopic (exact) mass is 222 g/mol. The second-order valence-electron chi connectivity index (χ2n) is 5.24. The molecule has 0 heteroatoms. The van der Waals surface area contributed by atoms with Crippen LogP contribution in [0.3, 0.4) is 0 Å². The third-order valence-corrected chi connectivity index (χ3v) is 4.16. The van der Waals surface area contributed by atoms with Gasteiger partial charge < -0.3 is 0 Å². The Morgan fingerprint density at radius 2 is 1.82 bits per heavy atom. The summed E-state index contributed by atoms with van der Waals surface area (Å²) in [4.78, 5) is 0. The third kappa shape index (κ3) is 1.51. The fourth-order valence-corrected chi connectivity index (χ4v) is 3.00. The predicted molar refractivity (Wildman–Crippen MR) is 73.8 cm³/mol. The Bertz CT molecular complexity index is 555. The van der Waals surface area contributed by atoms with Gasteiger partial charge in [-0.3, -0.25) is 0 Å². The van der Waals surface area contributed by atoms with E-state index < -0.39 is 0 Å². The molecule has 86 valence electrons. The summed E-state index contributed by atoms with van der Waals surface area (Å²) in [6.45, 7) is 6.80. The fourth-order valence-electron chi connectivity index (χ4n) is 3.00. The third-order valence-electron chi connectivity index (χ3n) is 4.16. The molecule has 0 nitrogen and oxygen atoms in total. The summed E-state index contributed by atoms with van der Waals surface area (Å²) < 4.78 is 0. The van der Waals surface area contributed by atoms with E-state index in [0.29, 0.717) is 11.8 Å². The molecule has 0 aromatic heterocycles. The SMILES string of the molecule is CC1=Cc2ccccc2C1C1=C(C)C(C)C=C1. The highest BCUT2D eigenvalue weighted by atomic mass is 14.3. The van der Waals surface area contributed by atoms with Crippen molar-refractivity contribution in [3.63, 3.8) is 0 Å². The molecule has 0 spiro atoms. The standard InChI is InChI=1S/C17H18/c1-11-8-9-15(13(11)3)17-12(2)10-14-6-4-5-7-16(14)17/h4-11,17H,1-3H3. The van der Waals surface area contributed by atoms with E-state index >= 15 is 0 Å². The molecule has 2 unspecified atom stereocenters. The lowest BCUT2D eigenvalue weighted by atomic mass is 9.86. The van der Waals surface area contributed by atoms with E-state index in [0.717, 1.165) is 0 Å². The van der Waals surface area contributed by atoms with Crippen LogP contribution in [0.25, 0.3) is 6.08 Å². The van der Waals surface area contributed by atoms with Gasteiger partial charge in [0.25, 0.3) is 0 Å². The van der Waals surface area contributed by atoms with Gasteiger partial charge in [0.1, 0.15) is 0 Å².